The molecule has 4 nitrogen and oxygen atoms in total. The Morgan fingerprint density at radius 2 is 0.800 bits per heavy atom. The van der Waals surface area contributed by atoms with E-state index in [2.05, 4.69) is 13.8 Å². The summed E-state index contributed by atoms with van der Waals surface area (Å²) in [6.45, 7) is 4.37. The van der Waals surface area contributed by atoms with Crippen LogP contribution in [0.2, 0.25) is 0 Å². The standard InChI is InChI=1S/C24H50O4S.Na/c1-3-5-7-9-10-11-12-13-14-15-16-17-19-21-23-24(25,29(26,27)28)22-20-18-8-6-4-2;/h25H,3-23H2,1-2H3,(H,26,27,28);/q;+1/p-1. The molecule has 0 bridgehead atoms. The molecular formula is C24H49NaO4S. The van der Waals surface area contributed by atoms with Crippen LogP contribution in [0.4, 0.5) is 0 Å². The van der Waals surface area contributed by atoms with Crippen LogP contribution in [0.15, 0.2) is 0 Å². The van der Waals surface area contributed by atoms with Crippen LogP contribution in [0.1, 0.15) is 149 Å². The molecule has 1 unspecified atom stereocenters. The zero-order valence-corrected chi connectivity index (χ0v) is 23.2. The van der Waals surface area contributed by atoms with Gasteiger partial charge in [-0.25, -0.2) is 8.42 Å². The first kappa shape index (κ1) is 33.0. The topological polar surface area (TPSA) is 77.4 Å². The summed E-state index contributed by atoms with van der Waals surface area (Å²) >= 11 is 0. The van der Waals surface area contributed by atoms with Crippen molar-refractivity contribution in [2.24, 2.45) is 0 Å². The molecule has 0 amide bonds. The van der Waals surface area contributed by atoms with Crippen LogP contribution in [0.3, 0.4) is 0 Å². The molecule has 0 aliphatic heterocycles. The number of unbranched alkanes of at least 4 members (excludes halogenated alkanes) is 17. The van der Waals surface area contributed by atoms with E-state index >= 15 is 0 Å². The van der Waals surface area contributed by atoms with Gasteiger partial charge in [-0.3, -0.25) is 0 Å². The second-order valence-electron chi connectivity index (χ2n) is 8.91. The first-order chi connectivity index (χ1) is 13.9. The van der Waals surface area contributed by atoms with Gasteiger partial charge < -0.3 is 9.66 Å². The molecule has 0 saturated heterocycles. The van der Waals surface area contributed by atoms with Crippen molar-refractivity contribution in [3.63, 3.8) is 0 Å². The zero-order valence-electron chi connectivity index (χ0n) is 20.4. The molecule has 0 saturated carbocycles. The SMILES string of the molecule is CCCCCCCCCCCCCCCCC(O)(CCCCCCC)S(=O)(=O)[O-].[Na+]. The first-order valence-electron chi connectivity index (χ1n) is 12.5. The van der Waals surface area contributed by atoms with Gasteiger partial charge in [0.2, 0.25) is 0 Å². The van der Waals surface area contributed by atoms with E-state index < -0.39 is 15.1 Å². The van der Waals surface area contributed by atoms with Gasteiger partial charge in [0, 0.05) is 0 Å². The fourth-order valence-electron chi connectivity index (χ4n) is 3.98. The largest absolute Gasteiger partial charge is 1.00 e. The fourth-order valence-corrected chi connectivity index (χ4v) is 4.76. The fraction of sp³-hybridized carbons (Fsp3) is 1.00. The smallest absolute Gasteiger partial charge is 0.746 e. The Morgan fingerprint density at radius 1 is 0.567 bits per heavy atom. The molecule has 0 radical (unpaired) electrons. The summed E-state index contributed by atoms with van der Waals surface area (Å²) in [4.78, 5) is -2.06. The molecule has 1 atom stereocenters. The van der Waals surface area contributed by atoms with E-state index in [4.69, 9.17) is 0 Å². The third-order valence-electron chi connectivity index (χ3n) is 6.06. The molecule has 0 fully saturated rings. The molecule has 0 spiro atoms. The van der Waals surface area contributed by atoms with E-state index in [1.807, 2.05) is 0 Å². The summed E-state index contributed by atoms with van der Waals surface area (Å²) in [7, 11) is -4.67. The number of aliphatic hydroxyl groups is 1. The average molecular weight is 457 g/mol. The summed E-state index contributed by atoms with van der Waals surface area (Å²) in [6, 6.07) is 0. The summed E-state index contributed by atoms with van der Waals surface area (Å²) in [5, 5.41) is 10.4. The van der Waals surface area contributed by atoms with Crippen LogP contribution in [-0.4, -0.2) is 23.0 Å². The van der Waals surface area contributed by atoms with Crippen molar-refractivity contribution in [1.82, 2.24) is 0 Å². The van der Waals surface area contributed by atoms with Crippen molar-refractivity contribution in [2.75, 3.05) is 0 Å². The monoisotopic (exact) mass is 456 g/mol. The second-order valence-corrected chi connectivity index (χ2v) is 10.6. The summed E-state index contributed by atoms with van der Waals surface area (Å²) in [6.07, 6.45) is 22.0. The van der Waals surface area contributed by atoms with Crippen molar-refractivity contribution < 1.29 is 47.6 Å². The number of hydrogen-bond acceptors (Lipinski definition) is 4. The molecule has 0 rings (SSSR count). The predicted molar refractivity (Wildman–Crippen MR) is 123 cm³/mol. The third-order valence-corrected chi connectivity index (χ3v) is 7.40. The van der Waals surface area contributed by atoms with Crippen molar-refractivity contribution in [1.29, 1.82) is 0 Å². The molecule has 0 aromatic heterocycles. The molecule has 0 aromatic rings. The van der Waals surface area contributed by atoms with Crippen molar-refractivity contribution in [3.05, 3.63) is 0 Å². The Labute approximate surface area is 210 Å². The van der Waals surface area contributed by atoms with Crippen LogP contribution >= 0.6 is 0 Å². The normalized spacial score (nSPS) is 13.7. The number of hydrogen-bond donors (Lipinski definition) is 1. The molecule has 6 heteroatoms. The van der Waals surface area contributed by atoms with Crippen LogP contribution < -0.4 is 29.6 Å². The van der Waals surface area contributed by atoms with Gasteiger partial charge in [-0.1, -0.05) is 123 Å². The Balaban J connectivity index is 0. The van der Waals surface area contributed by atoms with E-state index in [1.54, 1.807) is 0 Å². The Hall–Kier alpha value is 0.870. The average Bonchev–Trinajstić information content (AvgIpc) is 2.67. The van der Waals surface area contributed by atoms with Crippen LogP contribution in [0.25, 0.3) is 0 Å². The minimum Gasteiger partial charge on any atom is -0.746 e. The van der Waals surface area contributed by atoms with Crippen molar-refractivity contribution in [2.45, 2.75) is 154 Å². The molecular weight excluding hydrogens is 407 g/mol. The minimum atomic E-state index is -4.67. The molecule has 0 aromatic carbocycles. The van der Waals surface area contributed by atoms with E-state index in [1.165, 1.54) is 64.2 Å². The molecule has 0 aliphatic carbocycles. The van der Waals surface area contributed by atoms with E-state index in [0.29, 0.717) is 12.8 Å². The quantitative estimate of drug-likeness (QED) is 0.148. The summed E-state index contributed by atoms with van der Waals surface area (Å²) in [5.41, 5.74) is 0. The van der Waals surface area contributed by atoms with Gasteiger partial charge in [0.15, 0.2) is 4.93 Å². The van der Waals surface area contributed by atoms with Gasteiger partial charge in [-0.2, -0.15) is 0 Å². The Bertz CT molecular complexity index is 456. The summed E-state index contributed by atoms with van der Waals surface area (Å²) in [5.74, 6) is 0. The number of rotatable bonds is 22. The molecule has 1 N–H and O–H groups in total. The predicted octanol–water partition coefficient (Wildman–Crippen LogP) is 4.46. The molecule has 176 valence electrons. The molecule has 30 heavy (non-hydrogen) atoms. The van der Waals surface area contributed by atoms with E-state index in [9.17, 15) is 18.1 Å². The van der Waals surface area contributed by atoms with E-state index in [0.717, 1.165) is 44.9 Å². The van der Waals surface area contributed by atoms with Gasteiger partial charge in [0.1, 0.15) is 10.1 Å². The van der Waals surface area contributed by atoms with Gasteiger partial charge in [0.25, 0.3) is 0 Å². The minimum absolute atomic E-state index is 0. The summed E-state index contributed by atoms with van der Waals surface area (Å²) < 4.78 is 34.6. The van der Waals surface area contributed by atoms with Gasteiger partial charge >= 0.3 is 29.6 Å². The first-order valence-corrected chi connectivity index (χ1v) is 14.0. The van der Waals surface area contributed by atoms with E-state index in [-0.39, 0.29) is 42.4 Å². The third kappa shape index (κ3) is 18.4. The molecule has 0 aliphatic rings. The second kappa shape index (κ2) is 21.7. The van der Waals surface area contributed by atoms with Gasteiger partial charge in [-0.05, 0) is 25.7 Å². The van der Waals surface area contributed by atoms with Crippen molar-refractivity contribution in [3.8, 4) is 0 Å². The maximum Gasteiger partial charge on any atom is 1.00 e. The Morgan fingerprint density at radius 3 is 1.03 bits per heavy atom. The van der Waals surface area contributed by atoms with Crippen LogP contribution in [0.5, 0.6) is 0 Å². The molecule has 0 heterocycles. The van der Waals surface area contributed by atoms with Crippen LogP contribution in [0, 0.1) is 0 Å². The van der Waals surface area contributed by atoms with Gasteiger partial charge in [-0.15, -0.1) is 0 Å². The zero-order chi connectivity index (χ0) is 21.8. The van der Waals surface area contributed by atoms with Gasteiger partial charge in [0.05, 0.1) is 0 Å². The van der Waals surface area contributed by atoms with Crippen LogP contribution in [-0.2, 0) is 10.1 Å². The maximum atomic E-state index is 11.5. The Kier molecular flexibility index (Phi) is 23.9. The maximum absolute atomic E-state index is 11.5. The van der Waals surface area contributed by atoms with Crippen molar-refractivity contribution >= 4 is 10.1 Å².